The van der Waals surface area contributed by atoms with Crippen LogP contribution in [0.1, 0.15) is 24.2 Å². The highest BCUT2D eigenvalue weighted by atomic mass is 32.2. The van der Waals surface area contributed by atoms with Gasteiger partial charge in [-0.1, -0.05) is 25.2 Å². The lowest BCUT2D eigenvalue weighted by Gasteiger charge is -2.19. The molecule has 0 spiro atoms. The largest absolute Gasteiger partial charge is 0.497 e. The van der Waals surface area contributed by atoms with Gasteiger partial charge in [-0.2, -0.15) is 0 Å². The summed E-state index contributed by atoms with van der Waals surface area (Å²) in [6.45, 7) is 3.67. The number of carbonyl (C=O) groups excluding carboxylic acids is 1. The second kappa shape index (κ2) is 8.99. The second-order valence-electron chi connectivity index (χ2n) is 6.99. The van der Waals surface area contributed by atoms with E-state index in [0.29, 0.717) is 21.5 Å². The predicted octanol–water partition coefficient (Wildman–Crippen LogP) is 2.85. The molecule has 3 aromatic rings. The Labute approximate surface area is 179 Å². The summed E-state index contributed by atoms with van der Waals surface area (Å²) in [7, 11) is -2.30. The maximum Gasteiger partial charge on any atom is 0.263 e. The zero-order valence-corrected chi connectivity index (χ0v) is 18.4. The Hall–Kier alpha value is -2.69. The second-order valence-corrected chi connectivity index (χ2v) is 9.70. The summed E-state index contributed by atoms with van der Waals surface area (Å²) in [6.07, 6.45) is 0. The molecule has 30 heavy (non-hydrogen) atoms. The molecular formula is C20H23N3O5S2. The van der Waals surface area contributed by atoms with Crippen molar-refractivity contribution in [2.75, 3.05) is 18.4 Å². The summed E-state index contributed by atoms with van der Waals surface area (Å²) in [5.41, 5.74) is 0.987. The van der Waals surface area contributed by atoms with Crippen LogP contribution in [0.5, 0.6) is 5.75 Å². The molecule has 1 heterocycles. The van der Waals surface area contributed by atoms with E-state index in [4.69, 9.17) is 4.74 Å². The molecule has 10 heteroatoms. The summed E-state index contributed by atoms with van der Waals surface area (Å²) in [5, 5.41) is 12.4. The highest BCUT2D eigenvalue weighted by Crippen LogP contribution is 2.29. The fraction of sp³-hybridized carbons (Fsp3) is 0.300. The number of hydrogen-bond acceptors (Lipinski definition) is 7. The van der Waals surface area contributed by atoms with Crippen LogP contribution in [0.15, 0.2) is 47.4 Å². The third-order valence-electron chi connectivity index (χ3n) is 4.56. The van der Waals surface area contributed by atoms with Crippen molar-refractivity contribution in [2.45, 2.75) is 24.8 Å². The van der Waals surface area contributed by atoms with Gasteiger partial charge in [0.25, 0.3) is 15.9 Å². The topological polar surface area (TPSA) is 118 Å². The van der Waals surface area contributed by atoms with Crippen LogP contribution in [-0.4, -0.2) is 44.2 Å². The molecule has 0 radical (unpaired) electrons. The minimum atomic E-state index is -3.81. The van der Waals surface area contributed by atoms with Gasteiger partial charge in [-0.25, -0.2) is 13.4 Å². The molecule has 0 aliphatic rings. The number of thiazole rings is 1. The van der Waals surface area contributed by atoms with Crippen LogP contribution in [-0.2, 0) is 10.0 Å². The van der Waals surface area contributed by atoms with Crippen molar-refractivity contribution in [3.63, 3.8) is 0 Å². The Morgan fingerprint density at radius 1 is 1.20 bits per heavy atom. The number of aliphatic hydroxyl groups excluding tert-OH is 1. The normalized spacial score (nSPS) is 12.7. The summed E-state index contributed by atoms with van der Waals surface area (Å²) in [5.74, 6) is 0.337. The first kappa shape index (κ1) is 22.0. The highest BCUT2D eigenvalue weighted by molar-refractivity contribution is 7.93. The van der Waals surface area contributed by atoms with E-state index in [0.717, 1.165) is 11.3 Å². The average molecular weight is 450 g/mol. The first-order chi connectivity index (χ1) is 14.2. The molecule has 0 aliphatic heterocycles. The van der Waals surface area contributed by atoms with Crippen LogP contribution >= 0.6 is 11.3 Å². The standard InChI is InChI=1S/C20H23N3O5S2/c1-12(2)17(11-24)21-19(25)13-4-9-16-18(10-13)29-20(22-16)23-30(26,27)15-7-5-14(28-3)6-8-15/h4-10,12,17,24H,11H2,1-3H3,(H,21,25)(H,22,23). The quantitative estimate of drug-likeness (QED) is 0.487. The monoisotopic (exact) mass is 449 g/mol. The van der Waals surface area contributed by atoms with Crippen molar-refractivity contribution in [3.05, 3.63) is 48.0 Å². The van der Waals surface area contributed by atoms with Gasteiger partial charge in [0.15, 0.2) is 5.13 Å². The molecule has 0 saturated carbocycles. The number of anilines is 1. The molecule has 3 rings (SSSR count). The number of rotatable bonds is 8. The molecule has 0 bridgehead atoms. The summed E-state index contributed by atoms with van der Waals surface area (Å²) < 4.78 is 33.4. The number of carbonyl (C=O) groups is 1. The average Bonchev–Trinajstić information content (AvgIpc) is 3.12. The Balaban J connectivity index is 1.80. The van der Waals surface area contributed by atoms with Crippen molar-refractivity contribution in [1.29, 1.82) is 0 Å². The number of nitrogens with one attached hydrogen (secondary N) is 2. The Morgan fingerprint density at radius 3 is 2.50 bits per heavy atom. The summed E-state index contributed by atoms with van der Waals surface area (Å²) in [4.78, 5) is 16.9. The molecule has 0 aliphatic carbocycles. The molecule has 0 fully saturated rings. The maximum atomic E-state index is 12.6. The highest BCUT2D eigenvalue weighted by Gasteiger charge is 2.19. The van der Waals surface area contributed by atoms with E-state index < -0.39 is 10.0 Å². The zero-order chi connectivity index (χ0) is 21.9. The summed E-state index contributed by atoms with van der Waals surface area (Å²) >= 11 is 1.13. The van der Waals surface area contributed by atoms with Gasteiger partial charge in [0, 0.05) is 5.56 Å². The smallest absolute Gasteiger partial charge is 0.263 e. The fourth-order valence-electron chi connectivity index (χ4n) is 2.71. The molecule has 8 nitrogen and oxygen atoms in total. The van der Waals surface area contributed by atoms with Crippen LogP contribution in [0.4, 0.5) is 5.13 Å². The van der Waals surface area contributed by atoms with Gasteiger partial charge in [-0.3, -0.25) is 9.52 Å². The molecule has 160 valence electrons. The van der Waals surface area contributed by atoms with Gasteiger partial charge in [0.1, 0.15) is 5.75 Å². The first-order valence-electron chi connectivity index (χ1n) is 9.22. The molecule has 2 aromatic carbocycles. The lowest BCUT2D eigenvalue weighted by Crippen LogP contribution is -2.41. The SMILES string of the molecule is COc1ccc(S(=O)(=O)Nc2nc3ccc(C(=O)NC(CO)C(C)C)cc3s2)cc1. The number of nitrogens with zero attached hydrogens (tertiary/aromatic N) is 1. The number of sulfonamides is 1. The van der Waals surface area contributed by atoms with Gasteiger partial charge >= 0.3 is 0 Å². The number of benzene rings is 2. The fourth-order valence-corrected chi connectivity index (χ4v) is 4.85. The minimum Gasteiger partial charge on any atom is -0.497 e. The molecule has 1 unspecified atom stereocenters. The van der Waals surface area contributed by atoms with Crippen molar-refractivity contribution >= 4 is 42.6 Å². The third-order valence-corrected chi connectivity index (χ3v) is 6.98. The van der Waals surface area contributed by atoms with Gasteiger partial charge in [0.05, 0.1) is 34.9 Å². The van der Waals surface area contributed by atoms with Crippen molar-refractivity contribution in [2.24, 2.45) is 5.92 Å². The van der Waals surface area contributed by atoms with Crippen molar-refractivity contribution in [1.82, 2.24) is 10.3 Å². The van der Waals surface area contributed by atoms with Gasteiger partial charge in [-0.05, 0) is 48.4 Å². The number of methoxy groups -OCH3 is 1. The zero-order valence-electron chi connectivity index (χ0n) is 16.7. The number of amides is 1. The van der Waals surface area contributed by atoms with E-state index in [2.05, 4.69) is 15.0 Å². The number of fused-ring (bicyclic) bond motifs is 1. The number of hydrogen-bond donors (Lipinski definition) is 3. The predicted molar refractivity (Wildman–Crippen MR) is 117 cm³/mol. The van der Waals surface area contributed by atoms with Crippen molar-refractivity contribution in [3.8, 4) is 5.75 Å². The van der Waals surface area contributed by atoms with E-state index in [1.807, 2.05) is 13.8 Å². The third kappa shape index (κ3) is 4.89. The van der Waals surface area contributed by atoms with E-state index in [1.165, 1.54) is 19.2 Å². The van der Waals surface area contributed by atoms with E-state index >= 15 is 0 Å². The number of aliphatic hydroxyl groups is 1. The summed E-state index contributed by atoms with van der Waals surface area (Å²) in [6, 6.07) is 10.6. The van der Waals surface area contributed by atoms with Gasteiger partial charge < -0.3 is 15.2 Å². The first-order valence-corrected chi connectivity index (χ1v) is 11.5. The van der Waals surface area contributed by atoms with E-state index in [9.17, 15) is 18.3 Å². The minimum absolute atomic E-state index is 0.0880. The van der Waals surface area contributed by atoms with Crippen LogP contribution in [0.25, 0.3) is 10.2 Å². The molecule has 1 amide bonds. The lowest BCUT2D eigenvalue weighted by atomic mass is 10.0. The molecular weight excluding hydrogens is 426 g/mol. The Morgan fingerprint density at radius 2 is 1.90 bits per heavy atom. The molecule has 1 atom stereocenters. The number of aromatic nitrogens is 1. The van der Waals surface area contributed by atoms with Crippen LogP contribution in [0, 0.1) is 5.92 Å². The number of ether oxygens (including phenoxy) is 1. The Kier molecular flexibility index (Phi) is 6.59. The molecule has 3 N–H and O–H groups in total. The lowest BCUT2D eigenvalue weighted by molar-refractivity contribution is 0.0897. The van der Waals surface area contributed by atoms with Crippen LogP contribution in [0.3, 0.4) is 0 Å². The molecule has 0 saturated heterocycles. The van der Waals surface area contributed by atoms with E-state index in [-0.39, 0.29) is 34.5 Å². The van der Waals surface area contributed by atoms with Gasteiger partial charge in [0.2, 0.25) is 0 Å². The maximum absolute atomic E-state index is 12.6. The Bertz CT molecular complexity index is 1140. The van der Waals surface area contributed by atoms with Gasteiger partial charge in [-0.15, -0.1) is 0 Å². The molecule has 1 aromatic heterocycles. The van der Waals surface area contributed by atoms with Crippen LogP contribution in [0.2, 0.25) is 0 Å². The van der Waals surface area contributed by atoms with Crippen LogP contribution < -0.4 is 14.8 Å². The van der Waals surface area contributed by atoms with Crippen molar-refractivity contribution < 1.29 is 23.1 Å². The van der Waals surface area contributed by atoms with E-state index in [1.54, 1.807) is 30.3 Å².